The van der Waals surface area contributed by atoms with Gasteiger partial charge >= 0.3 is 0 Å². The predicted octanol–water partition coefficient (Wildman–Crippen LogP) is 3.70. The Morgan fingerprint density at radius 3 is 2.27 bits per heavy atom. The second-order valence-electron chi connectivity index (χ2n) is 5.62. The molecule has 0 aliphatic carbocycles. The van der Waals surface area contributed by atoms with Gasteiger partial charge < -0.3 is 9.42 Å². The minimum atomic E-state index is 0.632. The lowest BCUT2D eigenvalue weighted by atomic mass is 10.1. The minimum absolute atomic E-state index is 0.632. The molecular formula is C18H19N3O. The smallest absolute Gasteiger partial charge is 0.231 e. The first kappa shape index (κ1) is 14.3. The topological polar surface area (TPSA) is 42.2 Å². The van der Waals surface area contributed by atoms with Crippen LogP contribution >= 0.6 is 0 Å². The van der Waals surface area contributed by atoms with E-state index in [1.165, 1.54) is 11.1 Å². The van der Waals surface area contributed by atoms with Crippen LogP contribution in [0.4, 0.5) is 5.69 Å². The van der Waals surface area contributed by atoms with Crippen molar-refractivity contribution in [1.82, 2.24) is 10.1 Å². The third kappa shape index (κ3) is 3.17. The van der Waals surface area contributed by atoms with Crippen molar-refractivity contribution in [3.63, 3.8) is 0 Å². The van der Waals surface area contributed by atoms with Crippen LogP contribution in [0.1, 0.15) is 17.0 Å². The normalized spacial score (nSPS) is 10.7. The Bertz CT molecular complexity index is 743. The highest BCUT2D eigenvalue weighted by atomic mass is 16.5. The number of aromatic nitrogens is 2. The van der Waals surface area contributed by atoms with Crippen LogP contribution in [-0.4, -0.2) is 24.2 Å². The Balaban J connectivity index is 1.77. The van der Waals surface area contributed by atoms with Crippen molar-refractivity contribution in [2.45, 2.75) is 13.3 Å². The Kier molecular flexibility index (Phi) is 3.92. The fraction of sp³-hybridized carbons (Fsp3) is 0.222. The maximum absolute atomic E-state index is 5.36. The van der Waals surface area contributed by atoms with Crippen LogP contribution in [0, 0.1) is 6.92 Å². The third-order valence-electron chi connectivity index (χ3n) is 3.59. The molecule has 0 aliphatic heterocycles. The van der Waals surface area contributed by atoms with Crippen LogP contribution in [0.15, 0.2) is 53.1 Å². The molecule has 3 rings (SSSR count). The predicted molar refractivity (Wildman–Crippen MR) is 88.0 cm³/mol. The summed E-state index contributed by atoms with van der Waals surface area (Å²) < 4.78 is 5.36. The van der Waals surface area contributed by atoms with Gasteiger partial charge in [0.1, 0.15) is 0 Å². The second kappa shape index (κ2) is 6.02. The van der Waals surface area contributed by atoms with Crippen LogP contribution in [0.3, 0.4) is 0 Å². The van der Waals surface area contributed by atoms with Gasteiger partial charge in [-0.1, -0.05) is 35.0 Å². The van der Waals surface area contributed by atoms with Crippen molar-refractivity contribution in [2.24, 2.45) is 0 Å². The molecule has 0 radical (unpaired) electrons. The molecule has 0 fully saturated rings. The summed E-state index contributed by atoms with van der Waals surface area (Å²) in [5, 5.41) is 4.07. The fourth-order valence-electron chi connectivity index (χ4n) is 2.23. The van der Waals surface area contributed by atoms with E-state index in [-0.39, 0.29) is 0 Å². The van der Waals surface area contributed by atoms with E-state index < -0.39 is 0 Å². The van der Waals surface area contributed by atoms with E-state index in [1.54, 1.807) is 0 Å². The maximum atomic E-state index is 5.36. The molecule has 0 unspecified atom stereocenters. The Labute approximate surface area is 130 Å². The Morgan fingerprint density at radius 2 is 1.64 bits per heavy atom. The van der Waals surface area contributed by atoms with Gasteiger partial charge in [-0.05, 0) is 36.8 Å². The van der Waals surface area contributed by atoms with Crippen LogP contribution < -0.4 is 4.90 Å². The highest BCUT2D eigenvalue weighted by Gasteiger charge is 2.09. The van der Waals surface area contributed by atoms with Crippen LogP contribution in [0.5, 0.6) is 0 Å². The average molecular weight is 293 g/mol. The number of hydrogen-bond donors (Lipinski definition) is 0. The molecule has 22 heavy (non-hydrogen) atoms. The monoisotopic (exact) mass is 293 g/mol. The summed E-state index contributed by atoms with van der Waals surface area (Å²) >= 11 is 0. The first-order chi connectivity index (χ1) is 10.6. The summed E-state index contributed by atoms with van der Waals surface area (Å²) in [7, 11) is 4.03. The highest BCUT2D eigenvalue weighted by Crippen LogP contribution is 2.20. The van der Waals surface area contributed by atoms with Gasteiger partial charge in [0.05, 0.1) is 6.42 Å². The standard InChI is InChI=1S/C18H19N3O/c1-13-4-6-14(7-5-13)12-17-19-18(20-22-17)15-8-10-16(11-9-15)21(2)3/h4-11H,12H2,1-3H3. The molecule has 0 atom stereocenters. The average Bonchev–Trinajstić information content (AvgIpc) is 2.98. The first-order valence-electron chi connectivity index (χ1n) is 7.28. The number of nitrogens with zero attached hydrogens (tertiary/aromatic N) is 3. The lowest BCUT2D eigenvalue weighted by Crippen LogP contribution is -2.07. The number of aryl methyl sites for hydroxylation is 1. The molecule has 1 heterocycles. The lowest BCUT2D eigenvalue weighted by molar-refractivity contribution is 0.385. The van der Waals surface area contributed by atoms with E-state index in [1.807, 2.05) is 38.4 Å². The van der Waals surface area contributed by atoms with Crippen molar-refractivity contribution in [1.29, 1.82) is 0 Å². The summed E-state index contributed by atoms with van der Waals surface area (Å²) in [5.74, 6) is 1.27. The van der Waals surface area contributed by atoms with Crippen LogP contribution in [-0.2, 0) is 6.42 Å². The van der Waals surface area contributed by atoms with Gasteiger partial charge in [-0.2, -0.15) is 4.98 Å². The molecular weight excluding hydrogens is 274 g/mol. The van der Waals surface area contributed by atoms with Gasteiger partial charge in [0.25, 0.3) is 0 Å². The summed E-state index contributed by atoms with van der Waals surface area (Å²) in [5.41, 5.74) is 4.52. The molecule has 0 spiro atoms. The second-order valence-corrected chi connectivity index (χ2v) is 5.62. The SMILES string of the molecule is Cc1ccc(Cc2nc(-c3ccc(N(C)C)cc3)no2)cc1. The van der Waals surface area contributed by atoms with Crippen LogP contribution in [0.25, 0.3) is 11.4 Å². The molecule has 0 saturated carbocycles. The van der Waals surface area contributed by atoms with Gasteiger partial charge in [-0.3, -0.25) is 0 Å². The molecule has 3 aromatic rings. The van der Waals surface area contributed by atoms with Gasteiger partial charge in [0.15, 0.2) is 0 Å². The molecule has 0 aliphatic rings. The largest absolute Gasteiger partial charge is 0.378 e. The van der Waals surface area contributed by atoms with E-state index >= 15 is 0 Å². The number of hydrogen-bond acceptors (Lipinski definition) is 4. The maximum Gasteiger partial charge on any atom is 0.231 e. The molecule has 4 nitrogen and oxygen atoms in total. The summed E-state index contributed by atoms with van der Waals surface area (Å²) in [4.78, 5) is 6.54. The summed E-state index contributed by atoms with van der Waals surface area (Å²) in [6.45, 7) is 2.08. The zero-order chi connectivity index (χ0) is 15.5. The van der Waals surface area contributed by atoms with Crippen molar-refractivity contribution >= 4 is 5.69 Å². The van der Waals surface area contributed by atoms with Crippen molar-refractivity contribution in [2.75, 3.05) is 19.0 Å². The molecule has 1 aromatic heterocycles. The van der Waals surface area contributed by atoms with E-state index in [0.717, 1.165) is 11.3 Å². The lowest BCUT2D eigenvalue weighted by Gasteiger charge is -2.11. The quantitative estimate of drug-likeness (QED) is 0.735. The molecule has 2 aromatic carbocycles. The van der Waals surface area contributed by atoms with Crippen molar-refractivity contribution < 1.29 is 4.52 Å². The van der Waals surface area contributed by atoms with E-state index in [0.29, 0.717) is 18.1 Å². The van der Waals surface area contributed by atoms with E-state index in [2.05, 4.69) is 46.2 Å². The molecule has 0 amide bonds. The Hall–Kier alpha value is -2.62. The van der Waals surface area contributed by atoms with Gasteiger partial charge in [-0.15, -0.1) is 0 Å². The minimum Gasteiger partial charge on any atom is -0.378 e. The first-order valence-corrected chi connectivity index (χ1v) is 7.28. The Morgan fingerprint density at radius 1 is 0.955 bits per heavy atom. The summed E-state index contributed by atoms with van der Waals surface area (Å²) in [6, 6.07) is 16.5. The van der Waals surface area contributed by atoms with Crippen molar-refractivity contribution in [3.05, 3.63) is 65.5 Å². The van der Waals surface area contributed by atoms with Gasteiger partial charge in [-0.25, -0.2) is 0 Å². The molecule has 4 heteroatoms. The fourth-order valence-corrected chi connectivity index (χ4v) is 2.23. The zero-order valence-corrected chi connectivity index (χ0v) is 13.1. The highest BCUT2D eigenvalue weighted by molar-refractivity contribution is 5.59. The van der Waals surface area contributed by atoms with Crippen molar-refractivity contribution in [3.8, 4) is 11.4 Å². The molecule has 0 N–H and O–H groups in total. The molecule has 112 valence electrons. The number of benzene rings is 2. The summed E-state index contributed by atoms with van der Waals surface area (Å²) in [6.07, 6.45) is 0.656. The molecule has 0 saturated heterocycles. The number of rotatable bonds is 4. The van der Waals surface area contributed by atoms with Gasteiger partial charge in [0.2, 0.25) is 11.7 Å². The molecule has 0 bridgehead atoms. The third-order valence-corrected chi connectivity index (χ3v) is 3.59. The van der Waals surface area contributed by atoms with Crippen LogP contribution in [0.2, 0.25) is 0 Å². The van der Waals surface area contributed by atoms with Gasteiger partial charge in [0, 0.05) is 25.3 Å². The van der Waals surface area contributed by atoms with E-state index in [9.17, 15) is 0 Å². The number of anilines is 1. The van der Waals surface area contributed by atoms with E-state index in [4.69, 9.17) is 4.52 Å². The zero-order valence-electron chi connectivity index (χ0n) is 13.1.